The topological polar surface area (TPSA) is 75.3 Å². The first-order chi connectivity index (χ1) is 12.0. The predicted molar refractivity (Wildman–Crippen MR) is 95.8 cm³/mol. The molecule has 25 heavy (non-hydrogen) atoms. The molecule has 7 heteroatoms. The van der Waals surface area contributed by atoms with Gasteiger partial charge < -0.3 is 9.72 Å². The molecule has 0 amide bonds. The van der Waals surface area contributed by atoms with E-state index in [0.29, 0.717) is 31.2 Å². The van der Waals surface area contributed by atoms with Gasteiger partial charge in [0.15, 0.2) is 0 Å². The third-order valence-corrected chi connectivity index (χ3v) is 6.29. The number of sulfonamides is 1. The summed E-state index contributed by atoms with van der Waals surface area (Å²) in [5.41, 5.74) is 3.88. The summed E-state index contributed by atoms with van der Waals surface area (Å²) in [6.07, 6.45) is 0. The van der Waals surface area contributed by atoms with Gasteiger partial charge in [-0.05, 0) is 48.9 Å². The Morgan fingerprint density at radius 3 is 2.52 bits per heavy atom. The van der Waals surface area contributed by atoms with Crippen LogP contribution in [0.15, 0.2) is 47.4 Å². The number of aromatic nitrogens is 2. The Labute approximate surface area is 146 Å². The Kier molecular flexibility index (Phi) is 4.07. The number of aromatic amines is 1. The van der Waals surface area contributed by atoms with Crippen molar-refractivity contribution < 1.29 is 13.2 Å². The van der Waals surface area contributed by atoms with Gasteiger partial charge in [0.25, 0.3) is 0 Å². The first kappa shape index (κ1) is 16.3. The molecule has 4 rings (SSSR count). The number of hydrogen-bond donors (Lipinski definition) is 1. The second-order valence-electron chi connectivity index (χ2n) is 6.15. The molecule has 2 aromatic carbocycles. The number of morpholine rings is 1. The molecule has 1 saturated heterocycles. The summed E-state index contributed by atoms with van der Waals surface area (Å²) in [5.74, 6) is 0.732. The second-order valence-corrected chi connectivity index (χ2v) is 8.08. The molecular weight excluding hydrogens is 338 g/mol. The van der Waals surface area contributed by atoms with Crippen molar-refractivity contribution in [2.75, 3.05) is 26.3 Å². The number of hydrogen-bond acceptors (Lipinski definition) is 4. The van der Waals surface area contributed by atoms with E-state index in [-0.39, 0.29) is 0 Å². The maximum absolute atomic E-state index is 12.7. The Bertz CT molecular complexity index is 1000. The van der Waals surface area contributed by atoms with Gasteiger partial charge in [-0.1, -0.05) is 6.07 Å². The van der Waals surface area contributed by atoms with Crippen LogP contribution < -0.4 is 0 Å². The molecule has 0 atom stereocenters. The quantitative estimate of drug-likeness (QED) is 0.782. The van der Waals surface area contributed by atoms with Crippen LogP contribution in [0.1, 0.15) is 5.56 Å². The minimum absolute atomic E-state index is 0.296. The van der Waals surface area contributed by atoms with Crippen molar-refractivity contribution in [3.8, 4) is 11.4 Å². The van der Waals surface area contributed by atoms with E-state index in [1.54, 1.807) is 24.3 Å². The highest BCUT2D eigenvalue weighted by atomic mass is 32.2. The predicted octanol–water partition coefficient (Wildman–Crippen LogP) is 2.56. The normalized spacial score (nSPS) is 16.4. The van der Waals surface area contributed by atoms with Gasteiger partial charge >= 0.3 is 0 Å². The van der Waals surface area contributed by atoms with Crippen molar-refractivity contribution in [3.63, 3.8) is 0 Å². The molecule has 0 spiro atoms. The van der Waals surface area contributed by atoms with Gasteiger partial charge in [-0.3, -0.25) is 0 Å². The lowest BCUT2D eigenvalue weighted by Gasteiger charge is -2.26. The van der Waals surface area contributed by atoms with Crippen molar-refractivity contribution >= 4 is 21.1 Å². The van der Waals surface area contributed by atoms with E-state index >= 15 is 0 Å². The average Bonchev–Trinajstić information content (AvgIpc) is 3.06. The lowest BCUT2D eigenvalue weighted by atomic mass is 10.2. The minimum Gasteiger partial charge on any atom is -0.379 e. The fourth-order valence-electron chi connectivity index (χ4n) is 2.98. The lowest BCUT2D eigenvalue weighted by molar-refractivity contribution is 0.0730. The van der Waals surface area contributed by atoms with E-state index in [1.807, 2.05) is 25.1 Å². The minimum atomic E-state index is -3.47. The van der Waals surface area contributed by atoms with E-state index in [1.165, 1.54) is 4.31 Å². The molecule has 6 nitrogen and oxygen atoms in total. The van der Waals surface area contributed by atoms with E-state index < -0.39 is 10.0 Å². The van der Waals surface area contributed by atoms with Crippen LogP contribution in [0, 0.1) is 6.92 Å². The van der Waals surface area contributed by atoms with Crippen LogP contribution in [0.2, 0.25) is 0 Å². The number of nitrogens with zero attached hydrogens (tertiary/aromatic N) is 2. The molecule has 130 valence electrons. The maximum Gasteiger partial charge on any atom is 0.243 e. The molecule has 1 fully saturated rings. The largest absolute Gasteiger partial charge is 0.379 e. The molecule has 0 bridgehead atoms. The van der Waals surface area contributed by atoms with Crippen molar-refractivity contribution in [1.82, 2.24) is 14.3 Å². The van der Waals surface area contributed by atoms with Gasteiger partial charge in [-0.2, -0.15) is 4.31 Å². The van der Waals surface area contributed by atoms with Crippen LogP contribution in [-0.2, 0) is 14.8 Å². The Balaban J connectivity index is 1.64. The molecule has 3 aromatic rings. The average molecular weight is 357 g/mol. The first-order valence-corrected chi connectivity index (χ1v) is 9.63. The highest BCUT2D eigenvalue weighted by Crippen LogP contribution is 2.24. The second kappa shape index (κ2) is 6.25. The maximum atomic E-state index is 12.7. The van der Waals surface area contributed by atoms with Crippen LogP contribution in [0.5, 0.6) is 0 Å². The highest BCUT2D eigenvalue weighted by Gasteiger charge is 2.26. The fraction of sp³-hybridized carbons (Fsp3) is 0.278. The van der Waals surface area contributed by atoms with E-state index in [0.717, 1.165) is 28.0 Å². The van der Waals surface area contributed by atoms with Gasteiger partial charge in [-0.15, -0.1) is 0 Å². The molecular formula is C18H19N3O3S. The number of H-pyrrole nitrogens is 1. The zero-order chi connectivity index (χ0) is 17.4. The molecule has 1 N–H and O–H groups in total. The van der Waals surface area contributed by atoms with Crippen LogP contribution in [0.4, 0.5) is 0 Å². The summed E-state index contributed by atoms with van der Waals surface area (Å²) in [7, 11) is -3.47. The summed E-state index contributed by atoms with van der Waals surface area (Å²) in [4.78, 5) is 8.16. The molecule has 1 aromatic heterocycles. The standard InChI is InChI=1S/C18H19N3O3S/c1-13-2-7-16-17(12-13)20-18(19-16)14-3-5-15(6-4-14)25(22,23)21-8-10-24-11-9-21/h2-7,12H,8-11H2,1H3,(H,19,20). The number of rotatable bonds is 3. The van der Waals surface area contributed by atoms with Crippen molar-refractivity contribution in [2.24, 2.45) is 0 Å². The molecule has 2 heterocycles. The molecule has 1 aliphatic heterocycles. The summed E-state index contributed by atoms with van der Waals surface area (Å²) < 4.78 is 32.0. The summed E-state index contributed by atoms with van der Waals surface area (Å²) >= 11 is 0. The lowest BCUT2D eigenvalue weighted by Crippen LogP contribution is -2.40. The number of ether oxygens (including phenoxy) is 1. The summed E-state index contributed by atoms with van der Waals surface area (Å²) in [6.45, 7) is 3.71. The van der Waals surface area contributed by atoms with Gasteiger partial charge in [-0.25, -0.2) is 13.4 Å². The van der Waals surface area contributed by atoms with Gasteiger partial charge in [0.2, 0.25) is 10.0 Å². The third kappa shape index (κ3) is 3.06. The zero-order valence-electron chi connectivity index (χ0n) is 13.9. The van der Waals surface area contributed by atoms with E-state index in [9.17, 15) is 8.42 Å². The molecule has 0 aliphatic carbocycles. The summed E-state index contributed by atoms with van der Waals surface area (Å²) in [5, 5.41) is 0. The van der Waals surface area contributed by atoms with E-state index in [2.05, 4.69) is 9.97 Å². The van der Waals surface area contributed by atoms with Crippen LogP contribution in [-0.4, -0.2) is 49.0 Å². The van der Waals surface area contributed by atoms with Gasteiger partial charge in [0.1, 0.15) is 5.82 Å². The smallest absolute Gasteiger partial charge is 0.243 e. The van der Waals surface area contributed by atoms with Crippen LogP contribution in [0.3, 0.4) is 0 Å². The number of imidazole rings is 1. The Morgan fingerprint density at radius 1 is 1.08 bits per heavy atom. The zero-order valence-corrected chi connectivity index (χ0v) is 14.7. The van der Waals surface area contributed by atoms with Gasteiger partial charge in [0, 0.05) is 18.7 Å². The molecule has 1 aliphatic rings. The van der Waals surface area contributed by atoms with Crippen LogP contribution >= 0.6 is 0 Å². The number of fused-ring (bicyclic) bond motifs is 1. The molecule has 0 unspecified atom stereocenters. The third-order valence-electron chi connectivity index (χ3n) is 4.37. The number of nitrogens with one attached hydrogen (secondary N) is 1. The van der Waals surface area contributed by atoms with E-state index in [4.69, 9.17) is 4.74 Å². The monoisotopic (exact) mass is 357 g/mol. The SMILES string of the molecule is Cc1ccc2nc(-c3ccc(S(=O)(=O)N4CCOCC4)cc3)[nH]c2c1. The Hall–Kier alpha value is -2.22. The summed E-state index contributed by atoms with van der Waals surface area (Å²) in [6, 6.07) is 12.9. The number of benzene rings is 2. The first-order valence-electron chi connectivity index (χ1n) is 8.19. The van der Waals surface area contributed by atoms with Crippen molar-refractivity contribution in [3.05, 3.63) is 48.0 Å². The highest BCUT2D eigenvalue weighted by molar-refractivity contribution is 7.89. The van der Waals surface area contributed by atoms with Gasteiger partial charge in [0.05, 0.1) is 29.1 Å². The Morgan fingerprint density at radius 2 is 1.80 bits per heavy atom. The van der Waals surface area contributed by atoms with Crippen molar-refractivity contribution in [1.29, 1.82) is 0 Å². The molecule has 0 saturated carbocycles. The van der Waals surface area contributed by atoms with Crippen molar-refractivity contribution in [2.45, 2.75) is 11.8 Å². The molecule has 0 radical (unpaired) electrons. The fourth-order valence-corrected chi connectivity index (χ4v) is 4.39. The van der Waals surface area contributed by atoms with Crippen LogP contribution in [0.25, 0.3) is 22.4 Å². The number of aryl methyl sites for hydroxylation is 1.